The second-order valence-corrected chi connectivity index (χ2v) is 5.49. The average Bonchev–Trinajstić information content (AvgIpc) is 2.76. The maximum Gasteiger partial charge on any atom is 0.0612 e. The number of hydrogen-bond acceptors (Lipinski definition) is 3. The van der Waals surface area contributed by atoms with Gasteiger partial charge in [0.1, 0.15) is 0 Å². The van der Waals surface area contributed by atoms with Crippen LogP contribution in [0.25, 0.3) is 0 Å². The van der Waals surface area contributed by atoms with E-state index in [1.807, 2.05) is 0 Å². The molecule has 3 nitrogen and oxygen atoms in total. The molecule has 1 aliphatic carbocycles. The van der Waals surface area contributed by atoms with Crippen LogP contribution in [0.5, 0.6) is 0 Å². The van der Waals surface area contributed by atoms with E-state index in [-0.39, 0.29) is 12.1 Å². The van der Waals surface area contributed by atoms with Gasteiger partial charge < -0.3 is 15.7 Å². The number of benzene rings is 1. The van der Waals surface area contributed by atoms with Gasteiger partial charge in [0.25, 0.3) is 0 Å². The zero-order valence-electron chi connectivity index (χ0n) is 11.4. The van der Waals surface area contributed by atoms with Gasteiger partial charge >= 0.3 is 0 Å². The smallest absolute Gasteiger partial charge is 0.0612 e. The first-order valence-corrected chi connectivity index (χ1v) is 6.81. The summed E-state index contributed by atoms with van der Waals surface area (Å²) in [5.74, 6) is 0. The molecule has 0 spiro atoms. The standard InChI is InChI=1S/C15H24N2O/c1-3-17(14-7-5-4-6-12(14)2)13-8-9-15(16,10-13)11-18/h4-7,13,18H,3,8-11,16H2,1-2H3. The highest BCUT2D eigenvalue weighted by Gasteiger charge is 2.37. The zero-order chi connectivity index (χ0) is 13.2. The number of nitrogens with zero attached hydrogens (tertiary/aromatic N) is 1. The molecular formula is C15H24N2O. The lowest BCUT2D eigenvalue weighted by atomic mass is 10.00. The molecular weight excluding hydrogens is 224 g/mol. The minimum absolute atomic E-state index is 0.0921. The number of aryl methyl sites for hydroxylation is 1. The second-order valence-electron chi connectivity index (χ2n) is 5.49. The monoisotopic (exact) mass is 248 g/mol. The molecule has 0 aromatic heterocycles. The molecule has 100 valence electrons. The first-order valence-electron chi connectivity index (χ1n) is 6.81. The number of nitrogens with two attached hydrogens (primary N) is 1. The molecule has 0 bridgehead atoms. The number of anilines is 1. The Bertz CT molecular complexity index is 407. The average molecular weight is 248 g/mol. The number of rotatable bonds is 4. The molecule has 0 heterocycles. The van der Waals surface area contributed by atoms with Crippen molar-refractivity contribution < 1.29 is 5.11 Å². The van der Waals surface area contributed by atoms with Gasteiger partial charge in [0.15, 0.2) is 0 Å². The number of aliphatic hydroxyl groups excluding tert-OH is 1. The fourth-order valence-electron chi connectivity index (χ4n) is 3.05. The Balaban J connectivity index is 2.18. The van der Waals surface area contributed by atoms with Crippen LogP contribution in [0.3, 0.4) is 0 Å². The van der Waals surface area contributed by atoms with E-state index >= 15 is 0 Å². The Kier molecular flexibility index (Phi) is 3.93. The summed E-state index contributed by atoms with van der Waals surface area (Å²) >= 11 is 0. The van der Waals surface area contributed by atoms with Gasteiger partial charge in [-0.1, -0.05) is 18.2 Å². The Morgan fingerprint density at radius 1 is 1.44 bits per heavy atom. The van der Waals surface area contributed by atoms with E-state index in [0.29, 0.717) is 6.04 Å². The Morgan fingerprint density at radius 3 is 2.72 bits per heavy atom. The number of para-hydroxylation sites is 1. The van der Waals surface area contributed by atoms with Crippen molar-refractivity contribution >= 4 is 5.69 Å². The van der Waals surface area contributed by atoms with Crippen LogP contribution in [0.15, 0.2) is 24.3 Å². The van der Waals surface area contributed by atoms with Crippen LogP contribution in [0, 0.1) is 6.92 Å². The first-order chi connectivity index (χ1) is 8.59. The highest BCUT2D eigenvalue weighted by molar-refractivity contribution is 5.54. The van der Waals surface area contributed by atoms with E-state index in [9.17, 15) is 5.11 Å². The lowest BCUT2D eigenvalue weighted by Crippen LogP contribution is -2.43. The molecule has 3 heteroatoms. The molecule has 1 fully saturated rings. The molecule has 0 aliphatic heterocycles. The van der Waals surface area contributed by atoms with Gasteiger partial charge in [0, 0.05) is 23.8 Å². The highest BCUT2D eigenvalue weighted by Crippen LogP contribution is 2.34. The van der Waals surface area contributed by atoms with Crippen LogP contribution >= 0.6 is 0 Å². The summed E-state index contributed by atoms with van der Waals surface area (Å²) in [6, 6.07) is 8.93. The number of hydrogen-bond donors (Lipinski definition) is 2. The molecule has 1 aromatic rings. The van der Waals surface area contributed by atoms with Crippen molar-refractivity contribution in [2.45, 2.75) is 44.7 Å². The van der Waals surface area contributed by atoms with E-state index in [1.165, 1.54) is 11.3 Å². The minimum Gasteiger partial charge on any atom is -0.394 e. The van der Waals surface area contributed by atoms with E-state index in [0.717, 1.165) is 25.8 Å². The van der Waals surface area contributed by atoms with Crippen molar-refractivity contribution in [3.63, 3.8) is 0 Å². The number of aliphatic hydroxyl groups is 1. The summed E-state index contributed by atoms with van der Waals surface area (Å²) in [7, 11) is 0. The summed E-state index contributed by atoms with van der Waals surface area (Å²) in [4.78, 5) is 2.43. The van der Waals surface area contributed by atoms with Crippen molar-refractivity contribution in [1.29, 1.82) is 0 Å². The molecule has 0 radical (unpaired) electrons. The van der Waals surface area contributed by atoms with Crippen LogP contribution in [0.2, 0.25) is 0 Å². The first kappa shape index (κ1) is 13.4. The fourth-order valence-corrected chi connectivity index (χ4v) is 3.05. The van der Waals surface area contributed by atoms with Gasteiger partial charge in [-0.25, -0.2) is 0 Å². The van der Waals surface area contributed by atoms with E-state index in [2.05, 4.69) is 43.0 Å². The van der Waals surface area contributed by atoms with Gasteiger partial charge in [-0.2, -0.15) is 0 Å². The largest absolute Gasteiger partial charge is 0.394 e. The van der Waals surface area contributed by atoms with Crippen molar-refractivity contribution in [2.75, 3.05) is 18.1 Å². The van der Waals surface area contributed by atoms with Crippen LogP contribution in [0.4, 0.5) is 5.69 Å². The predicted molar refractivity (Wildman–Crippen MR) is 75.8 cm³/mol. The molecule has 1 saturated carbocycles. The van der Waals surface area contributed by atoms with Crippen molar-refractivity contribution in [1.82, 2.24) is 0 Å². The van der Waals surface area contributed by atoms with E-state index in [1.54, 1.807) is 0 Å². The second kappa shape index (κ2) is 5.29. The Labute approximate surface area is 110 Å². The third-order valence-electron chi connectivity index (χ3n) is 4.14. The van der Waals surface area contributed by atoms with E-state index < -0.39 is 0 Å². The van der Waals surface area contributed by atoms with Gasteiger partial charge in [-0.05, 0) is 44.7 Å². The molecule has 0 amide bonds. The molecule has 2 unspecified atom stereocenters. The zero-order valence-corrected chi connectivity index (χ0v) is 11.4. The molecule has 2 atom stereocenters. The molecule has 18 heavy (non-hydrogen) atoms. The van der Waals surface area contributed by atoms with Gasteiger partial charge in [0.05, 0.1) is 6.61 Å². The molecule has 2 rings (SSSR count). The van der Waals surface area contributed by atoms with Crippen molar-refractivity contribution in [3.8, 4) is 0 Å². The molecule has 3 N–H and O–H groups in total. The molecule has 1 aliphatic rings. The maximum atomic E-state index is 9.38. The lowest BCUT2D eigenvalue weighted by molar-refractivity contribution is 0.198. The fraction of sp³-hybridized carbons (Fsp3) is 0.600. The molecule has 1 aromatic carbocycles. The SMILES string of the molecule is CCN(c1ccccc1C)C1CCC(N)(CO)C1. The maximum absolute atomic E-state index is 9.38. The third-order valence-corrected chi connectivity index (χ3v) is 4.14. The molecule has 0 saturated heterocycles. The summed E-state index contributed by atoms with van der Waals surface area (Å²) in [6.07, 6.45) is 2.86. The van der Waals surface area contributed by atoms with Crippen LogP contribution < -0.4 is 10.6 Å². The van der Waals surface area contributed by atoms with Gasteiger partial charge in [0.2, 0.25) is 0 Å². The van der Waals surface area contributed by atoms with E-state index in [4.69, 9.17) is 5.73 Å². The van der Waals surface area contributed by atoms with Crippen LogP contribution in [0.1, 0.15) is 31.7 Å². The van der Waals surface area contributed by atoms with Gasteiger partial charge in [-0.15, -0.1) is 0 Å². The predicted octanol–water partition coefficient (Wildman–Crippen LogP) is 2.06. The Hall–Kier alpha value is -1.06. The topological polar surface area (TPSA) is 49.5 Å². The third kappa shape index (κ3) is 2.52. The summed E-state index contributed by atoms with van der Waals surface area (Å²) in [5.41, 5.74) is 8.41. The highest BCUT2D eigenvalue weighted by atomic mass is 16.3. The van der Waals surface area contributed by atoms with Crippen LogP contribution in [-0.2, 0) is 0 Å². The normalized spacial score (nSPS) is 27.4. The van der Waals surface area contributed by atoms with Crippen molar-refractivity contribution in [3.05, 3.63) is 29.8 Å². The Morgan fingerprint density at radius 2 is 2.17 bits per heavy atom. The lowest BCUT2D eigenvalue weighted by Gasteiger charge is -2.32. The quantitative estimate of drug-likeness (QED) is 0.857. The van der Waals surface area contributed by atoms with Crippen molar-refractivity contribution in [2.24, 2.45) is 5.73 Å². The van der Waals surface area contributed by atoms with Crippen LogP contribution in [-0.4, -0.2) is 29.8 Å². The summed E-state index contributed by atoms with van der Waals surface area (Å²) in [5, 5.41) is 9.38. The summed E-state index contributed by atoms with van der Waals surface area (Å²) < 4.78 is 0. The minimum atomic E-state index is -0.374. The summed E-state index contributed by atoms with van der Waals surface area (Å²) in [6.45, 7) is 5.41. The van der Waals surface area contributed by atoms with Gasteiger partial charge in [-0.3, -0.25) is 0 Å².